The molecule has 1 atom stereocenters. The maximum atomic E-state index is 13.1. The van der Waals surface area contributed by atoms with Gasteiger partial charge in [-0.3, -0.25) is 14.6 Å². The summed E-state index contributed by atoms with van der Waals surface area (Å²) < 4.78 is 5.13. The second-order valence-electron chi connectivity index (χ2n) is 7.28. The number of ether oxygens (including phenoxy) is 1. The SMILES string of the molecule is CCOC(=O)c1c(C)[nH]c(C(=O)[C@@H](C)N2CCN(Cc3cccs3)CC2)c1C. The van der Waals surface area contributed by atoms with Crippen molar-refractivity contribution >= 4 is 23.1 Å². The van der Waals surface area contributed by atoms with Crippen LogP contribution >= 0.6 is 11.3 Å². The van der Waals surface area contributed by atoms with Gasteiger partial charge in [0.1, 0.15) is 0 Å². The van der Waals surface area contributed by atoms with E-state index >= 15 is 0 Å². The molecule has 0 aliphatic carbocycles. The molecule has 7 heteroatoms. The Morgan fingerprint density at radius 1 is 1.25 bits per heavy atom. The summed E-state index contributed by atoms with van der Waals surface area (Å²) in [5.74, 6) is -0.342. The highest BCUT2D eigenvalue weighted by molar-refractivity contribution is 7.09. The molecular weight excluding hydrogens is 374 g/mol. The van der Waals surface area contributed by atoms with Crippen molar-refractivity contribution in [3.63, 3.8) is 0 Å². The van der Waals surface area contributed by atoms with Crippen molar-refractivity contribution in [1.82, 2.24) is 14.8 Å². The Balaban J connectivity index is 1.63. The lowest BCUT2D eigenvalue weighted by Gasteiger charge is -2.37. The normalized spacial score (nSPS) is 16.9. The molecule has 1 aliphatic heterocycles. The molecule has 0 radical (unpaired) electrons. The zero-order valence-corrected chi connectivity index (χ0v) is 17.9. The van der Waals surface area contributed by atoms with Crippen LogP contribution in [0, 0.1) is 13.8 Å². The van der Waals surface area contributed by atoms with E-state index in [2.05, 4.69) is 32.3 Å². The van der Waals surface area contributed by atoms with Crippen molar-refractivity contribution in [3.8, 4) is 0 Å². The molecule has 2 aromatic rings. The summed E-state index contributed by atoms with van der Waals surface area (Å²) in [6, 6.07) is 4.03. The quantitative estimate of drug-likeness (QED) is 0.568. The minimum Gasteiger partial charge on any atom is -0.462 e. The molecule has 3 heterocycles. The van der Waals surface area contributed by atoms with Gasteiger partial charge in [0.15, 0.2) is 5.78 Å². The van der Waals surface area contributed by atoms with Crippen LogP contribution in [0.15, 0.2) is 17.5 Å². The number of thiophene rings is 1. The van der Waals surface area contributed by atoms with Gasteiger partial charge in [-0.1, -0.05) is 6.07 Å². The zero-order valence-electron chi connectivity index (χ0n) is 17.1. The van der Waals surface area contributed by atoms with E-state index in [0.29, 0.717) is 29.1 Å². The number of hydrogen-bond acceptors (Lipinski definition) is 6. The minimum absolute atomic E-state index is 0.0304. The van der Waals surface area contributed by atoms with E-state index in [-0.39, 0.29) is 17.8 Å². The number of aryl methyl sites for hydroxylation is 1. The van der Waals surface area contributed by atoms with Gasteiger partial charge in [-0.25, -0.2) is 4.79 Å². The van der Waals surface area contributed by atoms with Crippen LogP contribution in [-0.2, 0) is 11.3 Å². The third-order valence-electron chi connectivity index (χ3n) is 5.46. The maximum absolute atomic E-state index is 13.1. The molecule has 0 amide bonds. The molecule has 0 aromatic carbocycles. The van der Waals surface area contributed by atoms with Gasteiger partial charge < -0.3 is 9.72 Å². The topological polar surface area (TPSA) is 65.6 Å². The van der Waals surface area contributed by atoms with Crippen molar-refractivity contribution in [2.24, 2.45) is 0 Å². The van der Waals surface area contributed by atoms with Crippen LogP contribution < -0.4 is 0 Å². The molecule has 3 rings (SSSR count). The van der Waals surface area contributed by atoms with E-state index in [4.69, 9.17) is 4.74 Å². The van der Waals surface area contributed by atoms with Gasteiger partial charge in [0, 0.05) is 43.3 Å². The average molecular weight is 404 g/mol. The summed E-state index contributed by atoms with van der Waals surface area (Å²) in [4.78, 5) is 34.5. The smallest absolute Gasteiger partial charge is 0.340 e. The third-order valence-corrected chi connectivity index (χ3v) is 6.32. The third kappa shape index (κ3) is 4.37. The van der Waals surface area contributed by atoms with Gasteiger partial charge in [-0.2, -0.15) is 0 Å². The molecule has 2 aromatic heterocycles. The molecule has 1 fully saturated rings. The Kier molecular flexibility index (Phi) is 6.69. The lowest BCUT2D eigenvalue weighted by atomic mass is 10.0. The highest BCUT2D eigenvalue weighted by Gasteiger charge is 2.30. The van der Waals surface area contributed by atoms with E-state index < -0.39 is 0 Å². The van der Waals surface area contributed by atoms with Crippen LogP contribution in [0.4, 0.5) is 0 Å². The number of aromatic amines is 1. The molecular formula is C21H29N3O3S. The molecule has 0 bridgehead atoms. The van der Waals surface area contributed by atoms with Crippen LogP contribution in [0.3, 0.4) is 0 Å². The summed E-state index contributed by atoms with van der Waals surface area (Å²) in [7, 11) is 0. The van der Waals surface area contributed by atoms with E-state index in [1.165, 1.54) is 4.88 Å². The molecule has 6 nitrogen and oxygen atoms in total. The Morgan fingerprint density at radius 3 is 2.57 bits per heavy atom. The fourth-order valence-electron chi connectivity index (χ4n) is 3.81. The summed E-state index contributed by atoms with van der Waals surface area (Å²) in [5.41, 5.74) is 2.38. The first kappa shape index (κ1) is 20.8. The molecule has 28 heavy (non-hydrogen) atoms. The van der Waals surface area contributed by atoms with E-state index in [1.54, 1.807) is 18.3 Å². The predicted molar refractivity (Wildman–Crippen MR) is 111 cm³/mol. The van der Waals surface area contributed by atoms with E-state index in [9.17, 15) is 9.59 Å². The summed E-state index contributed by atoms with van der Waals surface area (Å²) in [6.07, 6.45) is 0. The van der Waals surface area contributed by atoms with E-state index in [0.717, 1.165) is 32.7 Å². The molecule has 0 spiro atoms. The first-order valence-corrected chi connectivity index (χ1v) is 10.7. The molecule has 1 N–H and O–H groups in total. The Morgan fingerprint density at radius 2 is 1.96 bits per heavy atom. The lowest BCUT2D eigenvalue weighted by Crippen LogP contribution is -2.51. The Bertz CT molecular complexity index is 820. The number of piperazine rings is 1. The van der Waals surface area contributed by atoms with E-state index in [1.807, 2.05) is 20.8 Å². The number of ketones is 1. The monoisotopic (exact) mass is 403 g/mol. The van der Waals surface area contributed by atoms with Gasteiger partial charge in [0.05, 0.1) is 23.9 Å². The summed E-state index contributed by atoms with van der Waals surface area (Å²) in [6.45, 7) is 12.3. The van der Waals surface area contributed by atoms with Crippen molar-refractivity contribution < 1.29 is 14.3 Å². The number of Topliss-reactive ketones (excluding diaryl/α,β-unsaturated/α-hetero) is 1. The van der Waals surface area contributed by atoms with Crippen molar-refractivity contribution in [2.75, 3.05) is 32.8 Å². The maximum Gasteiger partial charge on any atom is 0.340 e. The highest BCUT2D eigenvalue weighted by Crippen LogP contribution is 2.22. The van der Waals surface area contributed by atoms with Gasteiger partial charge in [-0.05, 0) is 44.7 Å². The molecule has 0 unspecified atom stereocenters. The second kappa shape index (κ2) is 9.03. The van der Waals surface area contributed by atoms with Crippen molar-refractivity contribution in [2.45, 2.75) is 40.3 Å². The number of hydrogen-bond donors (Lipinski definition) is 1. The highest BCUT2D eigenvalue weighted by atomic mass is 32.1. The fraction of sp³-hybridized carbons (Fsp3) is 0.524. The summed E-state index contributed by atoms with van der Waals surface area (Å²) >= 11 is 1.79. The largest absolute Gasteiger partial charge is 0.462 e. The van der Waals surface area contributed by atoms with Crippen LogP contribution in [-0.4, -0.2) is 65.4 Å². The lowest BCUT2D eigenvalue weighted by molar-refractivity contribution is 0.0525. The first-order chi connectivity index (χ1) is 13.4. The number of H-pyrrole nitrogens is 1. The molecule has 0 saturated carbocycles. The standard InChI is InChI=1S/C21H29N3O3S/c1-5-27-21(26)18-14(2)19(22-15(18)3)20(25)16(4)24-10-8-23(9-11-24)13-17-7-6-12-28-17/h6-7,12,16,22H,5,8-11,13H2,1-4H3/t16-/m1/s1. The Hall–Kier alpha value is -1.96. The second-order valence-corrected chi connectivity index (χ2v) is 8.31. The number of rotatable bonds is 7. The first-order valence-electron chi connectivity index (χ1n) is 9.81. The van der Waals surface area contributed by atoms with Crippen LogP contribution in [0.1, 0.15) is 50.8 Å². The zero-order chi connectivity index (χ0) is 20.3. The van der Waals surface area contributed by atoms with Gasteiger partial charge >= 0.3 is 5.97 Å². The summed E-state index contributed by atoms with van der Waals surface area (Å²) in [5, 5.41) is 2.11. The van der Waals surface area contributed by atoms with Crippen LogP contribution in [0.2, 0.25) is 0 Å². The fourth-order valence-corrected chi connectivity index (χ4v) is 4.56. The van der Waals surface area contributed by atoms with Gasteiger partial charge in [-0.15, -0.1) is 11.3 Å². The number of carbonyl (C=O) groups is 2. The number of nitrogens with one attached hydrogen (secondary N) is 1. The van der Waals surface area contributed by atoms with Crippen molar-refractivity contribution in [3.05, 3.63) is 44.9 Å². The average Bonchev–Trinajstić information content (AvgIpc) is 3.29. The Labute approximate surface area is 170 Å². The number of nitrogens with zero attached hydrogens (tertiary/aromatic N) is 2. The van der Waals surface area contributed by atoms with Crippen molar-refractivity contribution in [1.29, 1.82) is 0 Å². The van der Waals surface area contributed by atoms with Gasteiger partial charge in [0.25, 0.3) is 0 Å². The molecule has 1 saturated heterocycles. The molecule has 152 valence electrons. The number of esters is 1. The van der Waals surface area contributed by atoms with Crippen LogP contribution in [0.5, 0.6) is 0 Å². The van der Waals surface area contributed by atoms with Gasteiger partial charge in [0.2, 0.25) is 0 Å². The number of carbonyl (C=O) groups excluding carboxylic acids is 2. The van der Waals surface area contributed by atoms with Crippen LogP contribution in [0.25, 0.3) is 0 Å². The number of aromatic nitrogens is 1. The predicted octanol–water partition coefficient (Wildman–Crippen LogP) is 3.26. The molecule has 1 aliphatic rings. The minimum atomic E-state index is -0.373.